The van der Waals surface area contributed by atoms with Crippen LogP contribution in [0.15, 0.2) is 29.1 Å². The number of thiophene rings is 1. The summed E-state index contributed by atoms with van der Waals surface area (Å²) in [6.45, 7) is 12.3. The molecule has 0 aliphatic carbocycles. The molecule has 0 aliphatic rings. The average molecular weight is 412 g/mol. The van der Waals surface area contributed by atoms with Gasteiger partial charge >= 0.3 is 0 Å². The number of nitrogens with zero attached hydrogens (tertiary/aromatic N) is 2. The number of primary amides is 1. The fraction of sp³-hybridized carbons (Fsp3) is 0.435. The molecule has 1 unspecified atom stereocenters. The highest BCUT2D eigenvalue weighted by atomic mass is 32.1. The molecular weight excluding hydrogens is 382 g/mol. The molecule has 2 heterocycles. The van der Waals surface area contributed by atoms with Crippen molar-refractivity contribution in [3.63, 3.8) is 0 Å². The monoisotopic (exact) mass is 411 g/mol. The van der Waals surface area contributed by atoms with Crippen molar-refractivity contribution in [1.82, 2.24) is 9.55 Å². The van der Waals surface area contributed by atoms with Gasteiger partial charge in [0.15, 0.2) is 0 Å². The number of hydrogen-bond donors (Lipinski definition) is 1. The van der Waals surface area contributed by atoms with E-state index >= 15 is 0 Å². The number of carbonyl (C=O) groups is 1. The molecule has 0 radical (unpaired) electrons. The van der Waals surface area contributed by atoms with Crippen LogP contribution in [0.5, 0.6) is 0 Å². The standard InChI is InChI=1S/C23H29N3O2S/c1-7-16(20(24)27)26-17(8-2)25-21-19(22(26)28)18(13(3)29-21)14-9-11-15(12-10-14)23(4,5)6/h9-12,16H,7-8H2,1-6H3,(H2,24,27). The van der Waals surface area contributed by atoms with Crippen molar-refractivity contribution >= 4 is 27.5 Å². The topological polar surface area (TPSA) is 78.0 Å². The van der Waals surface area contributed by atoms with E-state index in [0.717, 1.165) is 20.8 Å². The summed E-state index contributed by atoms with van der Waals surface area (Å²) in [6.07, 6.45) is 1.01. The van der Waals surface area contributed by atoms with Gasteiger partial charge in [-0.3, -0.25) is 14.2 Å². The number of fused-ring (bicyclic) bond motifs is 1. The van der Waals surface area contributed by atoms with Crippen molar-refractivity contribution in [2.75, 3.05) is 0 Å². The molecule has 0 fully saturated rings. The number of aryl methyl sites for hydroxylation is 2. The van der Waals surface area contributed by atoms with Gasteiger partial charge in [0.2, 0.25) is 5.91 Å². The number of rotatable bonds is 5. The number of aromatic nitrogens is 2. The zero-order chi connectivity index (χ0) is 21.5. The number of hydrogen-bond acceptors (Lipinski definition) is 4. The predicted molar refractivity (Wildman–Crippen MR) is 121 cm³/mol. The van der Waals surface area contributed by atoms with E-state index < -0.39 is 11.9 Å². The predicted octanol–water partition coefficient (Wildman–Crippen LogP) is 4.73. The molecule has 5 nitrogen and oxygen atoms in total. The highest BCUT2D eigenvalue weighted by molar-refractivity contribution is 7.19. The molecule has 0 bridgehead atoms. The van der Waals surface area contributed by atoms with Crippen LogP contribution in [-0.2, 0) is 16.6 Å². The molecule has 154 valence electrons. The maximum absolute atomic E-state index is 13.6. The zero-order valence-corrected chi connectivity index (χ0v) is 18.8. The van der Waals surface area contributed by atoms with Gasteiger partial charge in [-0.2, -0.15) is 0 Å². The molecule has 0 saturated heterocycles. The number of nitrogens with two attached hydrogens (primary N) is 1. The Morgan fingerprint density at radius 3 is 2.31 bits per heavy atom. The zero-order valence-electron chi connectivity index (χ0n) is 18.0. The third-order valence-electron chi connectivity index (χ3n) is 5.39. The largest absolute Gasteiger partial charge is 0.368 e. The minimum atomic E-state index is -0.689. The molecule has 6 heteroatoms. The third-order valence-corrected chi connectivity index (χ3v) is 6.39. The Hall–Kier alpha value is -2.47. The lowest BCUT2D eigenvalue weighted by atomic mass is 9.86. The Balaban J connectivity index is 2.31. The van der Waals surface area contributed by atoms with Crippen molar-refractivity contribution < 1.29 is 4.79 Å². The Morgan fingerprint density at radius 1 is 1.21 bits per heavy atom. The van der Waals surface area contributed by atoms with E-state index in [1.807, 2.05) is 20.8 Å². The highest BCUT2D eigenvalue weighted by Gasteiger charge is 2.25. The first-order valence-corrected chi connectivity index (χ1v) is 10.9. The highest BCUT2D eigenvalue weighted by Crippen LogP contribution is 2.37. The van der Waals surface area contributed by atoms with Crippen LogP contribution in [0.1, 0.15) is 63.3 Å². The summed E-state index contributed by atoms with van der Waals surface area (Å²) in [4.78, 5) is 32.1. The fourth-order valence-electron chi connectivity index (χ4n) is 3.78. The minimum absolute atomic E-state index is 0.0599. The first-order chi connectivity index (χ1) is 13.6. The minimum Gasteiger partial charge on any atom is -0.368 e. The Morgan fingerprint density at radius 2 is 1.83 bits per heavy atom. The van der Waals surface area contributed by atoms with E-state index in [4.69, 9.17) is 10.7 Å². The lowest BCUT2D eigenvalue weighted by Gasteiger charge is -2.19. The number of carbonyl (C=O) groups excluding carboxylic acids is 1. The quantitative estimate of drug-likeness (QED) is 0.659. The summed E-state index contributed by atoms with van der Waals surface area (Å²) < 4.78 is 1.50. The lowest BCUT2D eigenvalue weighted by molar-refractivity contribution is -0.121. The Kier molecular flexibility index (Phi) is 5.68. The smallest absolute Gasteiger partial charge is 0.263 e. The molecule has 1 amide bonds. The second-order valence-corrected chi connectivity index (χ2v) is 9.63. The van der Waals surface area contributed by atoms with Gasteiger partial charge in [-0.25, -0.2) is 4.98 Å². The molecule has 2 aromatic heterocycles. The van der Waals surface area contributed by atoms with Crippen molar-refractivity contribution in [2.24, 2.45) is 5.73 Å². The molecular formula is C23H29N3O2S. The van der Waals surface area contributed by atoms with Crippen LogP contribution in [0.4, 0.5) is 0 Å². The maximum Gasteiger partial charge on any atom is 0.263 e. The van der Waals surface area contributed by atoms with Crippen LogP contribution in [0.2, 0.25) is 0 Å². The van der Waals surface area contributed by atoms with E-state index in [1.54, 1.807) is 0 Å². The SMILES string of the molecule is CCc1nc2sc(C)c(-c3ccc(C(C)(C)C)cc3)c2c(=O)n1C(CC)C(N)=O. The summed E-state index contributed by atoms with van der Waals surface area (Å²) >= 11 is 1.52. The van der Waals surface area contributed by atoms with E-state index in [1.165, 1.54) is 21.5 Å². The van der Waals surface area contributed by atoms with Crippen LogP contribution in [0.25, 0.3) is 21.3 Å². The average Bonchev–Trinajstić information content (AvgIpc) is 2.99. The molecule has 0 saturated carbocycles. The van der Waals surface area contributed by atoms with E-state index in [-0.39, 0.29) is 11.0 Å². The van der Waals surface area contributed by atoms with E-state index in [9.17, 15) is 9.59 Å². The van der Waals surface area contributed by atoms with Gasteiger partial charge in [0, 0.05) is 16.9 Å². The Labute approximate surface area is 175 Å². The first kappa shape index (κ1) is 21.2. The van der Waals surface area contributed by atoms with Gasteiger partial charge < -0.3 is 5.73 Å². The van der Waals surface area contributed by atoms with Crippen molar-refractivity contribution in [2.45, 2.75) is 65.8 Å². The van der Waals surface area contributed by atoms with Gasteiger partial charge in [0.05, 0.1) is 5.39 Å². The van der Waals surface area contributed by atoms with Gasteiger partial charge in [-0.1, -0.05) is 58.9 Å². The number of benzene rings is 1. The Bertz CT molecular complexity index is 1120. The van der Waals surface area contributed by atoms with Crippen LogP contribution in [0, 0.1) is 6.92 Å². The van der Waals surface area contributed by atoms with Gasteiger partial charge in [0.25, 0.3) is 5.56 Å². The normalized spacial score (nSPS) is 13.0. The lowest BCUT2D eigenvalue weighted by Crippen LogP contribution is -2.36. The molecule has 1 aromatic carbocycles. The fourth-order valence-corrected chi connectivity index (χ4v) is 4.84. The molecule has 3 aromatic rings. The second-order valence-electron chi connectivity index (χ2n) is 8.42. The van der Waals surface area contributed by atoms with Crippen LogP contribution < -0.4 is 11.3 Å². The maximum atomic E-state index is 13.6. The summed E-state index contributed by atoms with van der Waals surface area (Å²) in [6, 6.07) is 7.67. The van der Waals surface area contributed by atoms with Crippen LogP contribution in [-0.4, -0.2) is 15.5 Å². The third kappa shape index (κ3) is 3.73. The van der Waals surface area contributed by atoms with E-state index in [0.29, 0.717) is 24.1 Å². The van der Waals surface area contributed by atoms with Gasteiger partial charge in [-0.15, -0.1) is 11.3 Å². The first-order valence-electron chi connectivity index (χ1n) is 10.0. The van der Waals surface area contributed by atoms with Crippen molar-refractivity contribution in [3.05, 3.63) is 50.9 Å². The number of amides is 1. The van der Waals surface area contributed by atoms with Gasteiger partial charge in [0.1, 0.15) is 16.7 Å². The molecule has 3 rings (SSSR count). The molecule has 1 atom stereocenters. The molecule has 0 aliphatic heterocycles. The van der Waals surface area contributed by atoms with Crippen molar-refractivity contribution in [1.29, 1.82) is 0 Å². The summed E-state index contributed by atoms with van der Waals surface area (Å²) in [5.41, 5.74) is 8.61. The molecule has 2 N–H and O–H groups in total. The second kappa shape index (κ2) is 7.75. The summed E-state index contributed by atoms with van der Waals surface area (Å²) in [5.74, 6) is 0.0949. The molecule has 29 heavy (non-hydrogen) atoms. The van der Waals surface area contributed by atoms with Crippen LogP contribution in [0.3, 0.4) is 0 Å². The molecule has 0 spiro atoms. The van der Waals surface area contributed by atoms with Gasteiger partial charge in [-0.05, 0) is 29.9 Å². The van der Waals surface area contributed by atoms with E-state index in [2.05, 4.69) is 45.0 Å². The van der Waals surface area contributed by atoms with Crippen molar-refractivity contribution in [3.8, 4) is 11.1 Å². The summed E-state index contributed by atoms with van der Waals surface area (Å²) in [7, 11) is 0. The van der Waals surface area contributed by atoms with Crippen LogP contribution >= 0.6 is 11.3 Å². The summed E-state index contributed by atoms with van der Waals surface area (Å²) in [5, 5.41) is 0.577.